The number of ether oxygens (including phenoxy) is 1. The fourth-order valence-electron chi connectivity index (χ4n) is 1.69. The van der Waals surface area contributed by atoms with Gasteiger partial charge in [-0.3, -0.25) is 4.79 Å². The molecule has 0 saturated carbocycles. The molecule has 0 unspecified atom stereocenters. The van der Waals surface area contributed by atoms with E-state index in [9.17, 15) is 13.2 Å². The number of methoxy groups -OCH3 is 1. The van der Waals surface area contributed by atoms with E-state index in [2.05, 4.69) is 0 Å². The summed E-state index contributed by atoms with van der Waals surface area (Å²) in [6, 6.07) is 5.96. The van der Waals surface area contributed by atoms with Crippen LogP contribution < -0.4 is 4.74 Å². The van der Waals surface area contributed by atoms with E-state index in [0.717, 1.165) is 4.31 Å². The molecule has 0 heterocycles. The van der Waals surface area contributed by atoms with Gasteiger partial charge in [-0.2, -0.15) is 4.31 Å². The minimum Gasteiger partial charge on any atom is -0.497 e. The van der Waals surface area contributed by atoms with Crippen LogP contribution in [0.1, 0.15) is 20.8 Å². The molecule has 0 spiro atoms. The summed E-state index contributed by atoms with van der Waals surface area (Å²) in [5, 5.41) is 8.93. The van der Waals surface area contributed by atoms with Crippen LogP contribution >= 0.6 is 0 Å². The minimum atomic E-state index is -3.91. The number of nitrogens with zero attached hydrogens (tertiary/aromatic N) is 1. The molecule has 6 nitrogen and oxygen atoms in total. The summed E-state index contributed by atoms with van der Waals surface area (Å²) in [5.41, 5.74) is -0.847. The first-order chi connectivity index (χ1) is 9.09. The van der Waals surface area contributed by atoms with Crippen molar-refractivity contribution in [2.45, 2.75) is 31.2 Å². The predicted octanol–water partition coefficient (Wildman–Crippen LogP) is 1.57. The SMILES string of the molecule is COc1cccc(S(=O)(=O)N(CC(=O)O)C(C)(C)C)c1. The van der Waals surface area contributed by atoms with Crippen molar-refractivity contribution in [1.29, 1.82) is 0 Å². The highest BCUT2D eigenvalue weighted by molar-refractivity contribution is 7.89. The summed E-state index contributed by atoms with van der Waals surface area (Å²) in [4.78, 5) is 10.9. The third kappa shape index (κ3) is 3.71. The highest BCUT2D eigenvalue weighted by Gasteiger charge is 2.35. The largest absolute Gasteiger partial charge is 0.497 e. The van der Waals surface area contributed by atoms with E-state index in [1.165, 1.54) is 19.2 Å². The second-order valence-corrected chi connectivity index (χ2v) is 7.12. The molecular weight excluding hydrogens is 282 g/mol. The van der Waals surface area contributed by atoms with Crippen molar-refractivity contribution < 1.29 is 23.1 Å². The smallest absolute Gasteiger partial charge is 0.318 e. The van der Waals surface area contributed by atoms with Crippen molar-refractivity contribution in [3.63, 3.8) is 0 Å². The first-order valence-corrected chi connectivity index (χ1v) is 7.41. The van der Waals surface area contributed by atoms with Gasteiger partial charge in [-0.05, 0) is 32.9 Å². The molecule has 112 valence electrons. The average molecular weight is 301 g/mol. The quantitative estimate of drug-likeness (QED) is 0.892. The molecule has 0 bridgehead atoms. The van der Waals surface area contributed by atoms with Gasteiger partial charge in [0.25, 0.3) is 0 Å². The van der Waals surface area contributed by atoms with Crippen molar-refractivity contribution >= 4 is 16.0 Å². The number of sulfonamides is 1. The number of carboxylic acids is 1. The van der Waals surface area contributed by atoms with Crippen LogP contribution in [0.5, 0.6) is 5.75 Å². The van der Waals surface area contributed by atoms with Crippen molar-refractivity contribution in [3.05, 3.63) is 24.3 Å². The Kier molecular flexibility index (Phi) is 4.77. The van der Waals surface area contributed by atoms with Crippen LogP contribution in [0.3, 0.4) is 0 Å². The third-order valence-corrected chi connectivity index (χ3v) is 4.76. The first-order valence-electron chi connectivity index (χ1n) is 5.97. The zero-order chi connectivity index (χ0) is 15.6. The van der Waals surface area contributed by atoms with Crippen LogP contribution in [0, 0.1) is 0 Å². The molecule has 0 fully saturated rings. The molecule has 0 saturated heterocycles. The zero-order valence-electron chi connectivity index (χ0n) is 12.0. The van der Waals surface area contributed by atoms with Gasteiger partial charge in [0.2, 0.25) is 10.0 Å². The van der Waals surface area contributed by atoms with E-state index in [-0.39, 0.29) is 4.90 Å². The normalized spacial score (nSPS) is 12.4. The minimum absolute atomic E-state index is 0.00743. The van der Waals surface area contributed by atoms with Gasteiger partial charge < -0.3 is 9.84 Å². The van der Waals surface area contributed by atoms with E-state index >= 15 is 0 Å². The van der Waals surface area contributed by atoms with Crippen molar-refractivity contribution in [3.8, 4) is 5.75 Å². The third-order valence-electron chi connectivity index (χ3n) is 2.66. The van der Waals surface area contributed by atoms with Crippen molar-refractivity contribution in [2.75, 3.05) is 13.7 Å². The van der Waals surface area contributed by atoms with Gasteiger partial charge in [-0.15, -0.1) is 0 Å². The molecule has 20 heavy (non-hydrogen) atoms. The number of hydrogen-bond acceptors (Lipinski definition) is 4. The number of aliphatic carboxylic acids is 1. The van der Waals surface area contributed by atoms with Crippen molar-refractivity contribution in [1.82, 2.24) is 4.31 Å². The Morgan fingerprint density at radius 2 is 1.95 bits per heavy atom. The van der Waals surface area contributed by atoms with Gasteiger partial charge >= 0.3 is 5.97 Å². The van der Waals surface area contributed by atoms with Gasteiger partial charge in [0.1, 0.15) is 12.3 Å². The Morgan fingerprint density at radius 3 is 2.40 bits per heavy atom. The lowest BCUT2D eigenvalue weighted by atomic mass is 10.1. The van der Waals surface area contributed by atoms with Crippen LogP contribution in [0.25, 0.3) is 0 Å². The fraction of sp³-hybridized carbons (Fsp3) is 0.462. The van der Waals surface area contributed by atoms with Crippen LogP contribution in [0.15, 0.2) is 29.2 Å². The molecule has 0 aliphatic carbocycles. The molecule has 0 aliphatic rings. The molecule has 0 aliphatic heterocycles. The van der Waals surface area contributed by atoms with E-state index in [1.54, 1.807) is 32.9 Å². The maximum atomic E-state index is 12.6. The van der Waals surface area contributed by atoms with E-state index in [4.69, 9.17) is 9.84 Å². The summed E-state index contributed by atoms with van der Waals surface area (Å²) in [6.45, 7) is 4.35. The highest BCUT2D eigenvalue weighted by atomic mass is 32.2. The maximum absolute atomic E-state index is 12.6. The van der Waals surface area contributed by atoms with Gasteiger partial charge in [0.05, 0.1) is 12.0 Å². The molecule has 0 radical (unpaired) electrons. The lowest BCUT2D eigenvalue weighted by Crippen LogP contribution is -2.48. The average Bonchev–Trinajstić information content (AvgIpc) is 2.34. The predicted molar refractivity (Wildman–Crippen MR) is 74.3 cm³/mol. The van der Waals surface area contributed by atoms with E-state index in [0.29, 0.717) is 5.75 Å². The molecule has 0 amide bonds. The highest BCUT2D eigenvalue weighted by Crippen LogP contribution is 2.26. The summed E-state index contributed by atoms with van der Waals surface area (Å²) >= 11 is 0. The monoisotopic (exact) mass is 301 g/mol. The van der Waals surface area contributed by atoms with Gasteiger partial charge in [0, 0.05) is 11.6 Å². The molecule has 1 aromatic carbocycles. The Labute approximate surface area is 119 Å². The molecule has 0 atom stereocenters. The van der Waals surface area contributed by atoms with E-state index < -0.39 is 28.1 Å². The number of hydrogen-bond donors (Lipinski definition) is 1. The van der Waals surface area contributed by atoms with Gasteiger partial charge in [0.15, 0.2) is 0 Å². The van der Waals surface area contributed by atoms with E-state index in [1.807, 2.05) is 0 Å². The summed E-state index contributed by atoms with van der Waals surface area (Å²) in [5.74, 6) is -0.804. The molecule has 0 aromatic heterocycles. The van der Waals surface area contributed by atoms with Crippen LogP contribution in [0.2, 0.25) is 0 Å². The van der Waals surface area contributed by atoms with Gasteiger partial charge in [-0.1, -0.05) is 6.07 Å². The zero-order valence-corrected chi connectivity index (χ0v) is 12.8. The molecule has 1 rings (SSSR count). The number of carboxylic acid groups (broad SMARTS) is 1. The Hall–Kier alpha value is -1.60. The fourth-order valence-corrected chi connectivity index (χ4v) is 3.47. The summed E-state index contributed by atoms with van der Waals surface area (Å²) < 4.78 is 31.1. The topological polar surface area (TPSA) is 83.9 Å². The maximum Gasteiger partial charge on any atom is 0.318 e. The lowest BCUT2D eigenvalue weighted by Gasteiger charge is -2.33. The summed E-state index contributed by atoms with van der Waals surface area (Å²) in [6.07, 6.45) is 0. The Bertz CT molecular complexity index is 589. The Balaban J connectivity index is 3.32. The van der Waals surface area contributed by atoms with Gasteiger partial charge in [-0.25, -0.2) is 8.42 Å². The Morgan fingerprint density at radius 1 is 1.35 bits per heavy atom. The number of benzene rings is 1. The second kappa shape index (κ2) is 5.80. The van der Waals surface area contributed by atoms with Crippen LogP contribution in [0.4, 0.5) is 0 Å². The lowest BCUT2D eigenvalue weighted by molar-refractivity contribution is -0.138. The van der Waals surface area contributed by atoms with Crippen LogP contribution in [-0.2, 0) is 14.8 Å². The number of rotatable bonds is 5. The van der Waals surface area contributed by atoms with Crippen molar-refractivity contribution in [2.24, 2.45) is 0 Å². The summed E-state index contributed by atoms with van der Waals surface area (Å²) in [7, 11) is -2.48. The molecule has 1 aromatic rings. The molecule has 7 heteroatoms. The van der Waals surface area contributed by atoms with Crippen LogP contribution in [-0.4, -0.2) is 43.0 Å². The first kappa shape index (κ1) is 16.5. The second-order valence-electron chi connectivity index (χ2n) is 5.26. The molecular formula is C13H19NO5S. The standard InChI is InChI=1S/C13H19NO5S/c1-13(2,3)14(9-12(15)16)20(17,18)11-7-5-6-10(8-11)19-4/h5-8H,9H2,1-4H3,(H,15,16). The number of carbonyl (C=O) groups is 1. The molecule has 1 N–H and O–H groups in total.